The quantitative estimate of drug-likeness (QED) is 0.206. The summed E-state index contributed by atoms with van der Waals surface area (Å²) >= 11 is 0. The van der Waals surface area contributed by atoms with Crippen LogP contribution in [0.4, 0.5) is 0 Å². The van der Waals surface area contributed by atoms with Crippen LogP contribution in [0.3, 0.4) is 0 Å². The molecule has 0 amide bonds. The van der Waals surface area contributed by atoms with Gasteiger partial charge in [0.2, 0.25) is 0 Å². The first-order chi connectivity index (χ1) is 10.5. The molecule has 0 saturated heterocycles. The third kappa shape index (κ3) is 9.10. The molecule has 0 unspecified atom stereocenters. The smallest absolute Gasteiger partial charge is 0.150 e. The van der Waals surface area contributed by atoms with Crippen LogP contribution in [0, 0.1) is 12.3 Å². The summed E-state index contributed by atoms with van der Waals surface area (Å²) in [5.74, 6) is 13.5. The molecule has 2 rings (SSSR count). The van der Waals surface area contributed by atoms with E-state index in [9.17, 15) is 0 Å². The van der Waals surface area contributed by atoms with E-state index in [2.05, 4.69) is 16.8 Å². The molecule has 126 valence electrons. The Labute approximate surface area is 142 Å². The Morgan fingerprint density at radius 3 is 1.70 bits per heavy atom. The van der Waals surface area contributed by atoms with Gasteiger partial charge in [-0.1, -0.05) is 60.2 Å². The van der Waals surface area contributed by atoms with Gasteiger partial charge in [0.25, 0.3) is 0 Å². The highest BCUT2D eigenvalue weighted by molar-refractivity contribution is 5.97. The summed E-state index contributed by atoms with van der Waals surface area (Å²) in [6.07, 6.45) is 0. The highest BCUT2D eigenvalue weighted by Gasteiger charge is 1.94. The van der Waals surface area contributed by atoms with Crippen LogP contribution >= 0.6 is 12.4 Å². The van der Waals surface area contributed by atoms with Crippen molar-refractivity contribution in [2.24, 2.45) is 34.1 Å². The molecular formula is C15H24ClN7. The lowest BCUT2D eigenvalue weighted by Crippen LogP contribution is -2.15. The van der Waals surface area contributed by atoms with Gasteiger partial charge < -0.3 is 17.3 Å². The van der Waals surface area contributed by atoms with Crippen molar-refractivity contribution >= 4 is 24.1 Å². The van der Waals surface area contributed by atoms with Crippen molar-refractivity contribution in [1.29, 1.82) is 5.41 Å². The normalized spacial score (nSPS) is 9.26. The molecule has 0 atom stereocenters. The highest BCUT2D eigenvalue weighted by Crippen LogP contribution is 2.01. The van der Waals surface area contributed by atoms with Crippen molar-refractivity contribution in [2.45, 2.75) is 6.92 Å². The predicted molar refractivity (Wildman–Crippen MR) is 99.2 cm³/mol. The SMILES string of the molecule is Cc1ccc(C(N)=NN)cc1.Cl.N=C(N)c1ccccc1.NN. The number of hydrogen-bond donors (Lipinski definition) is 6. The van der Waals surface area contributed by atoms with Crippen molar-refractivity contribution in [3.05, 3.63) is 71.3 Å². The van der Waals surface area contributed by atoms with E-state index in [0.717, 1.165) is 11.1 Å². The minimum absolute atomic E-state index is 0. The third-order valence-corrected chi connectivity index (χ3v) is 2.57. The van der Waals surface area contributed by atoms with E-state index >= 15 is 0 Å². The lowest BCUT2D eigenvalue weighted by atomic mass is 10.1. The Balaban J connectivity index is 0. The van der Waals surface area contributed by atoms with Crippen LogP contribution in [0.15, 0.2) is 59.7 Å². The van der Waals surface area contributed by atoms with Crippen LogP contribution < -0.4 is 29.0 Å². The second-order valence-corrected chi connectivity index (χ2v) is 4.16. The van der Waals surface area contributed by atoms with Gasteiger partial charge in [0, 0.05) is 11.1 Å². The molecule has 23 heavy (non-hydrogen) atoms. The molecule has 0 aliphatic carbocycles. The second kappa shape index (κ2) is 13.1. The first kappa shape index (κ1) is 22.7. The van der Waals surface area contributed by atoms with E-state index < -0.39 is 0 Å². The molecule has 0 radical (unpaired) electrons. The maximum Gasteiger partial charge on any atom is 0.150 e. The standard InChI is InChI=1S/C8H11N3.C7H8N2.ClH.H4N2/c1-6-2-4-7(5-3-6)8(9)11-10;8-7(9)6-4-2-1-3-5-6;;1-2/h2-5H,10H2,1H3,(H2,9,11);1-5H,(H3,8,9);1H;1-2H2. The summed E-state index contributed by atoms with van der Waals surface area (Å²) < 4.78 is 0. The molecule has 8 heteroatoms. The first-order valence-electron chi connectivity index (χ1n) is 6.37. The summed E-state index contributed by atoms with van der Waals surface area (Å²) in [5, 5.41) is 10.4. The number of nitrogens with two attached hydrogens (primary N) is 5. The fourth-order valence-electron chi connectivity index (χ4n) is 1.42. The molecular weight excluding hydrogens is 314 g/mol. The lowest BCUT2D eigenvalue weighted by Gasteiger charge is -1.98. The van der Waals surface area contributed by atoms with Crippen LogP contribution in [0.2, 0.25) is 0 Å². The largest absolute Gasteiger partial charge is 0.384 e. The second-order valence-electron chi connectivity index (χ2n) is 4.16. The monoisotopic (exact) mass is 337 g/mol. The number of halogens is 1. The highest BCUT2D eigenvalue weighted by atomic mass is 35.5. The Morgan fingerprint density at radius 1 is 0.870 bits per heavy atom. The summed E-state index contributed by atoms with van der Waals surface area (Å²) in [5.41, 5.74) is 13.5. The molecule has 7 nitrogen and oxygen atoms in total. The molecule has 0 heterocycles. The fraction of sp³-hybridized carbons (Fsp3) is 0.0667. The first-order valence-corrected chi connectivity index (χ1v) is 6.37. The summed E-state index contributed by atoms with van der Waals surface area (Å²) in [6.45, 7) is 2.01. The topological polar surface area (TPSA) is 166 Å². The number of amidine groups is 2. The summed E-state index contributed by atoms with van der Waals surface area (Å²) in [7, 11) is 0. The number of hydrazine groups is 1. The van der Waals surface area contributed by atoms with Crippen LogP contribution in [-0.4, -0.2) is 11.7 Å². The van der Waals surface area contributed by atoms with E-state index in [-0.39, 0.29) is 18.2 Å². The fourth-order valence-corrected chi connectivity index (χ4v) is 1.42. The number of aryl methyl sites for hydroxylation is 1. The maximum absolute atomic E-state index is 7.01. The molecule has 0 saturated carbocycles. The Morgan fingerprint density at radius 2 is 1.35 bits per heavy atom. The zero-order chi connectivity index (χ0) is 17.0. The van der Waals surface area contributed by atoms with E-state index in [4.69, 9.17) is 22.7 Å². The van der Waals surface area contributed by atoms with Crippen LogP contribution in [0.25, 0.3) is 0 Å². The van der Waals surface area contributed by atoms with Gasteiger partial charge in [-0.2, -0.15) is 5.10 Å². The van der Waals surface area contributed by atoms with Crippen molar-refractivity contribution in [3.63, 3.8) is 0 Å². The Hall–Kier alpha value is -2.61. The number of hydrazone groups is 1. The van der Waals surface area contributed by atoms with E-state index in [0.29, 0.717) is 5.84 Å². The number of benzene rings is 2. The van der Waals surface area contributed by atoms with E-state index in [1.165, 1.54) is 5.56 Å². The predicted octanol–water partition coefficient (Wildman–Crippen LogP) is 0.785. The molecule has 2 aromatic carbocycles. The zero-order valence-corrected chi connectivity index (χ0v) is 13.8. The molecule has 0 fully saturated rings. The van der Waals surface area contributed by atoms with Gasteiger partial charge in [-0.05, 0) is 6.92 Å². The lowest BCUT2D eigenvalue weighted by molar-refractivity contribution is 1.23. The number of rotatable bonds is 2. The molecule has 0 aliphatic heterocycles. The molecule has 11 N–H and O–H groups in total. The number of hydrogen-bond acceptors (Lipinski definition) is 5. The van der Waals surface area contributed by atoms with Crippen molar-refractivity contribution < 1.29 is 0 Å². The molecule has 0 aliphatic rings. The van der Waals surface area contributed by atoms with Gasteiger partial charge in [-0.15, -0.1) is 12.4 Å². The van der Waals surface area contributed by atoms with Gasteiger partial charge in [-0.3, -0.25) is 17.1 Å². The van der Waals surface area contributed by atoms with Crippen molar-refractivity contribution in [2.75, 3.05) is 0 Å². The summed E-state index contributed by atoms with van der Waals surface area (Å²) in [4.78, 5) is 0. The maximum atomic E-state index is 7.01. The van der Waals surface area contributed by atoms with Gasteiger partial charge in [0.05, 0.1) is 0 Å². The molecule has 0 spiro atoms. The zero-order valence-electron chi connectivity index (χ0n) is 12.9. The van der Waals surface area contributed by atoms with Crippen LogP contribution in [0.5, 0.6) is 0 Å². The van der Waals surface area contributed by atoms with Gasteiger partial charge in [0.15, 0.2) is 0 Å². The molecule has 2 aromatic rings. The van der Waals surface area contributed by atoms with Gasteiger partial charge >= 0.3 is 0 Å². The van der Waals surface area contributed by atoms with Crippen molar-refractivity contribution in [1.82, 2.24) is 0 Å². The Kier molecular flexibility index (Phi) is 12.9. The van der Waals surface area contributed by atoms with Crippen LogP contribution in [0.1, 0.15) is 16.7 Å². The minimum Gasteiger partial charge on any atom is -0.384 e. The Bertz CT molecular complexity index is 583. The van der Waals surface area contributed by atoms with Gasteiger partial charge in [-0.25, -0.2) is 0 Å². The number of nitrogen functional groups attached to an aromatic ring is 1. The molecule has 0 aromatic heterocycles. The van der Waals surface area contributed by atoms with Crippen LogP contribution in [-0.2, 0) is 0 Å². The average molecular weight is 338 g/mol. The van der Waals surface area contributed by atoms with Crippen molar-refractivity contribution in [3.8, 4) is 0 Å². The van der Waals surface area contributed by atoms with Gasteiger partial charge in [0.1, 0.15) is 11.7 Å². The van der Waals surface area contributed by atoms with E-state index in [1.54, 1.807) is 0 Å². The summed E-state index contributed by atoms with van der Waals surface area (Å²) in [6, 6.07) is 16.9. The molecule has 0 bridgehead atoms. The number of nitrogens with zero attached hydrogens (tertiary/aromatic N) is 1. The minimum atomic E-state index is 0. The number of nitrogens with one attached hydrogen (secondary N) is 1. The third-order valence-electron chi connectivity index (χ3n) is 2.57. The average Bonchev–Trinajstić information content (AvgIpc) is 2.58. The van der Waals surface area contributed by atoms with E-state index in [1.807, 2.05) is 61.5 Å².